The molecule has 0 saturated carbocycles. The average molecular weight is 556 g/mol. The molecule has 0 aliphatic heterocycles. The SMILES string of the molecule is Oc1cccc2ccc(Oc3ccc4c5c(-c6ccccc6)c(-c6ccccc6)ccc5n(-c5ccccn5)c4c3)nc12. The Labute approximate surface area is 247 Å². The standard InChI is InChI=1S/C38H25N3O2/c42-33-15-9-14-27-17-22-35(40-38(27)33)43-28-18-19-30-32(24-28)41(34-16-7-8-23-39-34)31-21-20-29(25-10-3-1-4-11-25)36(37(30)31)26-12-5-2-6-13-26/h1-24,42H. The molecule has 0 atom stereocenters. The number of fused-ring (bicyclic) bond motifs is 4. The van der Waals surface area contributed by atoms with Gasteiger partial charge < -0.3 is 9.84 Å². The predicted molar refractivity (Wildman–Crippen MR) is 173 cm³/mol. The van der Waals surface area contributed by atoms with Gasteiger partial charge in [0.1, 0.15) is 22.8 Å². The van der Waals surface area contributed by atoms with Gasteiger partial charge in [-0.25, -0.2) is 9.97 Å². The fraction of sp³-hybridized carbons (Fsp3) is 0. The van der Waals surface area contributed by atoms with Gasteiger partial charge in [0, 0.05) is 34.5 Å². The zero-order valence-electron chi connectivity index (χ0n) is 23.1. The summed E-state index contributed by atoms with van der Waals surface area (Å²) in [5.41, 5.74) is 7.17. The summed E-state index contributed by atoms with van der Waals surface area (Å²) in [6.07, 6.45) is 1.81. The monoisotopic (exact) mass is 555 g/mol. The maximum absolute atomic E-state index is 10.3. The molecule has 0 saturated heterocycles. The van der Waals surface area contributed by atoms with E-state index in [0.29, 0.717) is 17.1 Å². The van der Waals surface area contributed by atoms with Crippen molar-refractivity contribution >= 4 is 32.7 Å². The molecule has 1 N–H and O–H groups in total. The number of pyridine rings is 2. The third kappa shape index (κ3) is 4.26. The molecule has 0 radical (unpaired) electrons. The zero-order valence-corrected chi connectivity index (χ0v) is 23.1. The second-order valence-electron chi connectivity index (χ2n) is 10.4. The molecule has 0 bridgehead atoms. The Balaban J connectivity index is 1.40. The number of phenolic OH excluding ortho intramolecular Hbond substituents is 1. The lowest BCUT2D eigenvalue weighted by Crippen LogP contribution is -1.97. The molecule has 43 heavy (non-hydrogen) atoms. The Morgan fingerprint density at radius 3 is 2.21 bits per heavy atom. The van der Waals surface area contributed by atoms with Gasteiger partial charge in [-0.3, -0.25) is 4.57 Å². The molecule has 3 heterocycles. The first kappa shape index (κ1) is 24.8. The highest BCUT2D eigenvalue weighted by Gasteiger charge is 2.21. The molecule has 0 unspecified atom stereocenters. The fourth-order valence-electron chi connectivity index (χ4n) is 5.94. The predicted octanol–water partition coefficient (Wildman–Crippen LogP) is 9.56. The maximum Gasteiger partial charge on any atom is 0.219 e. The molecule has 0 amide bonds. The summed E-state index contributed by atoms with van der Waals surface area (Å²) in [7, 11) is 0. The topological polar surface area (TPSA) is 60.2 Å². The van der Waals surface area contributed by atoms with Crippen LogP contribution in [0.5, 0.6) is 17.4 Å². The minimum Gasteiger partial charge on any atom is -0.506 e. The smallest absolute Gasteiger partial charge is 0.219 e. The molecule has 0 spiro atoms. The van der Waals surface area contributed by atoms with Gasteiger partial charge in [0.15, 0.2) is 0 Å². The van der Waals surface area contributed by atoms with Crippen molar-refractivity contribution in [3.8, 4) is 45.5 Å². The van der Waals surface area contributed by atoms with Crippen LogP contribution in [-0.2, 0) is 0 Å². The summed E-state index contributed by atoms with van der Waals surface area (Å²) in [5.74, 6) is 1.99. The van der Waals surface area contributed by atoms with Gasteiger partial charge in [-0.1, -0.05) is 84.9 Å². The second-order valence-corrected chi connectivity index (χ2v) is 10.4. The number of ether oxygens (including phenoxy) is 1. The van der Waals surface area contributed by atoms with Gasteiger partial charge in [0.2, 0.25) is 5.88 Å². The summed E-state index contributed by atoms with van der Waals surface area (Å²) in [4.78, 5) is 9.33. The van der Waals surface area contributed by atoms with Crippen molar-refractivity contribution in [1.29, 1.82) is 0 Å². The Morgan fingerprint density at radius 2 is 1.42 bits per heavy atom. The van der Waals surface area contributed by atoms with Crippen LogP contribution in [0.2, 0.25) is 0 Å². The number of phenols is 1. The number of para-hydroxylation sites is 1. The number of hydrogen-bond acceptors (Lipinski definition) is 4. The summed E-state index contributed by atoms with van der Waals surface area (Å²) in [6, 6.07) is 46.6. The summed E-state index contributed by atoms with van der Waals surface area (Å²) < 4.78 is 8.48. The zero-order chi connectivity index (χ0) is 28.8. The lowest BCUT2D eigenvalue weighted by molar-refractivity contribution is 0.460. The van der Waals surface area contributed by atoms with E-state index in [2.05, 4.69) is 76.3 Å². The average Bonchev–Trinajstić information content (AvgIpc) is 3.39. The lowest BCUT2D eigenvalue weighted by atomic mass is 9.90. The molecule has 8 aromatic rings. The van der Waals surface area contributed by atoms with E-state index < -0.39 is 0 Å². The van der Waals surface area contributed by atoms with Crippen LogP contribution >= 0.6 is 0 Å². The van der Waals surface area contributed by atoms with Gasteiger partial charge in [-0.2, -0.15) is 0 Å². The van der Waals surface area contributed by atoms with Crippen LogP contribution in [0.4, 0.5) is 0 Å². The first-order valence-electron chi connectivity index (χ1n) is 14.1. The van der Waals surface area contributed by atoms with Crippen LogP contribution in [0.15, 0.2) is 146 Å². The van der Waals surface area contributed by atoms with Gasteiger partial charge in [0.25, 0.3) is 0 Å². The van der Waals surface area contributed by atoms with Crippen molar-refractivity contribution in [2.24, 2.45) is 0 Å². The number of rotatable bonds is 5. The third-order valence-corrected chi connectivity index (χ3v) is 7.83. The van der Waals surface area contributed by atoms with Gasteiger partial charge in [-0.15, -0.1) is 0 Å². The minimum atomic E-state index is 0.122. The maximum atomic E-state index is 10.3. The summed E-state index contributed by atoms with van der Waals surface area (Å²) in [5, 5.41) is 13.4. The van der Waals surface area contributed by atoms with Crippen LogP contribution in [0.25, 0.3) is 60.8 Å². The van der Waals surface area contributed by atoms with Crippen LogP contribution < -0.4 is 4.74 Å². The molecule has 8 rings (SSSR count). The Morgan fingerprint density at radius 1 is 0.628 bits per heavy atom. The van der Waals surface area contributed by atoms with Crippen molar-refractivity contribution in [2.75, 3.05) is 0 Å². The Kier molecular flexibility index (Phi) is 5.86. The molecular weight excluding hydrogens is 530 g/mol. The van der Waals surface area contributed by atoms with E-state index in [1.165, 1.54) is 11.1 Å². The highest BCUT2D eigenvalue weighted by Crippen LogP contribution is 2.44. The van der Waals surface area contributed by atoms with E-state index in [-0.39, 0.29) is 5.75 Å². The molecule has 5 aromatic carbocycles. The fourth-order valence-corrected chi connectivity index (χ4v) is 5.94. The number of benzene rings is 5. The van der Waals surface area contributed by atoms with Crippen LogP contribution in [0.1, 0.15) is 0 Å². The highest BCUT2D eigenvalue weighted by atomic mass is 16.5. The van der Waals surface area contributed by atoms with E-state index in [1.807, 2.05) is 66.9 Å². The van der Waals surface area contributed by atoms with Gasteiger partial charge >= 0.3 is 0 Å². The molecule has 5 heteroatoms. The quantitative estimate of drug-likeness (QED) is 0.230. The van der Waals surface area contributed by atoms with Crippen molar-refractivity contribution in [3.63, 3.8) is 0 Å². The van der Waals surface area contributed by atoms with Crippen molar-refractivity contribution in [1.82, 2.24) is 14.5 Å². The number of hydrogen-bond donors (Lipinski definition) is 1. The number of aromatic hydroxyl groups is 1. The summed E-state index contributed by atoms with van der Waals surface area (Å²) >= 11 is 0. The number of nitrogens with zero attached hydrogens (tertiary/aromatic N) is 3. The van der Waals surface area contributed by atoms with Crippen molar-refractivity contribution in [2.45, 2.75) is 0 Å². The Hall–Kier alpha value is -5.94. The van der Waals surface area contributed by atoms with Gasteiger partial charge in [-0.05, 0) is 64.7 Å². The first-order chi connectivity index (χ1) is 21.2. The van der Waals surface area contributed by atoms with Crippen LogP contribution in [0.3, 0.4) is 0 Å². The van der Waals surface area contributed by atoms with E-state index in [4.69, 9.17) is 9.72 Å². The van der Waals surface area contributed by atoms with E-state index in [1.54, 1.807) is 12.1 Å². The Bertz CT molecular complexity index is 2260. The van der Waals surface area contributed by atoms with Gasteiger partial charge in [0.05, 0.1) is 11.0 Å². The number of aromatic nitrogens is 3. The van der Waals surface area contributed by atoms with E-state index in [0.717, 1.165) is 44.1 Å². The lowest BCUT2D eigenvalue weighted by Gasteiger charge is -2.14. The van der Waals surface area contributed by atoms with E-state index >= 15 is 0 Å². The molecule has 0 aliphatic rings. The van der Waals surface area contributed by atoms with Crippen LogP contribution in [-0.4, -0.2) is 19.6 Å². The molecule has 3 aromatic heterocycles. The first-order valence-corrected chi connectivity index (χ1v) is 14.1. The highest BCUT2D eigenvalue weighted by molar-refractivity contribution is 6.18. The molecule has 5 nitrogen and oxygen atoms in total. The normalized spacial score (nSPS) is 11.3. The molecule has 0 fully saturated rings. The molecule has 204 valence electrons. The van der Waals surface area contributed by atoms with Crippen molar-refractivity contribution in [3.05, 3.63) is 146 Å². The summed E-state index contributed by atoms with van der Waals surface area (Å²) in [6.45, 7) is 0. The van der Waals surface area contributed by atoms with Crippen LogP contribution in [0, 0.1) is 0 Å². The largest absolute Gasteiger partial charge is 0.506 e. The van der Waals surface area contributed by atoms with Crippen molar-refractivity contribution < 1.29 is 9.84 Å². The third-order valence-electron chi connectivity index (χ3n) is 7.83. The van der Waals surface area contributed by atoms with E-state index in [9.17, 15) is 5.11 Å². The minimum absolute atomic E-state index is 0.122. The second kappa shape index (κ2) is 10.2. The molecular formula is C38H25N3O2. The molecule has 0 aliphatic carbocycles.